The molecule has 6 nitrogen and oxygen atoms in total. The van der Waals surface area contributed by atoms with E-state index in [1.54, 1.807) is 24.3 Å². The molecule has 0 bridgehead atoms. The van der Waals surface area contributed by atoms with Crippen LogP contribution < -0.4 is 9.80 Å². The number of carboxylic acid groups (broad SMARTS) is 2. The molecule has 6 heteroatoms. The highest BCUT2D eigenvalue weighted by Gasteiger charge is 2.17. The second kappa shape index (κ2) is 15.6. The Hall–Kier alpha value is -2.24. The van der Waals surface area contributed by atoms with Gasteiger partial charge in [-0.15, -0.1) is 0 Å². The molecule has 0 aliphatic carbocycles. The third kappa shape index (κ3) is 9.99. The molecule has 0 saturated carbocycles. The van der Waals surface area contributed by atoms with Gasteiger partial charge >= 0.3 is 12.2 Å². The van der Waals surface area contributed by atoms with Gasteiger partial charge in [-0.3, -0.25) is 9.80 Å². The van der Waals surface area contributed by atoms with Crippen molar-refractivity contribution in [2.45, 2.75) is 90.9 Å². The molecular formula is C24H40N2O4. The lowest BCUT2D eigenvalue weighted by molar-refractivity contribution is 0.200. The average molecular weight is 421 g/mol. The van der Waals surface area contributed by atoms with Crippen molar-refractivity contribution < 1.29 is 19.8 Å². The number of carbonyl (C=O) groups is 2. The van der Waals surface area contributed by atoms with E-state index in [0.717, 1.165) is 38.5 Å². The number of anilines is 2. The van der Waals surface area contributed by atoms with Crippen molar-refractivity contribution in [3.63, 3.8) is 0 Å². The Morgan fingerprint density at radius 3 is 1.20 bits per heavy atom. The first-order valence-corrected chi connectivity index (χ1v) is 11.6. The predicted molar refractivity (Wildman–Crippen MR) is 124 cm³/mol. The highest BCUT2D eigenvalue weighted by atomic mass is 16.4. The number of rotatable bonds is 16. The molecule has 170 valence electrons. The number of benzene rings is 1. The fraction of sp³-hybridized carbons (Fsp3) is 0.667. The van der Waals surface area contributed by atoms with Gasteiger partial charge in [0.15, 0.2) is 0 Å². The Labute approximate surface area is 181 Å². The summed E-state index contributed by atoms with van der Waals surface area (Å²) in [6, 6.07) is 6.82. The summed E-state index contributed by atoms with van der Waals surface area (Å²) in [6.45, 7) is 5.27. The van der Waals surface area contributed by atoms with Gasteiger partial charge in [-0.25, -0.2) is 9.59 Å². The van der Waals surface area contributed by atoms with Crippen LogP contribution >= 0.6 is 0 Å². The van der Waals surface area contributed by atoms with E-state index >= 15 is 0 Å². The molecule has 2 amide bonds. The zero-order valence-electron chi connectivity index (χ0n) is 18.8. The molecule has 1 rings (SSSR count). The van der Waals surface area contributed by atoms with Crippen LogP contribution in [0.4, 0.5) is 21.0 Å². The number of hydrogen-bond acceptors (Lipinski definition) is 2. The maximum absolute atomic E-state index is 11.7. The normalized spacial score (nSPS) is 10.7. The van der Waals surface area contributed by atoms with Gasteiger partial charge in [0, 0.05) is 24.5 Å². The molecule has 0 spiro atoms. The van der Waals surface area contributed by atoms with Crippen LogP contribution in [0.3, 0.4) is 0 Å². The maximum Gasteiger partial charge on any atom is 0.411 e. The summed E-state index contributed by atoms with van der Waals surface area (Å²) in [5, 5.41) is 19.1. The predicted octanol–water partition coefficient (Wildman–Crippen LogP) is 7.38. The van der Waals surface area contributed by atoms with Crippen LogP contribution in [0.15, 0.2) is 24.3 Å². The minimum absolute atomic E-state index is 0.460. The van der Waals surface area contributed by atoms with Crippen molar-refractivity contribution in [3.8, 4) is 0 Å². The van der Waals surface area contributed by atoms with Crippen LogP contribution in [0.5, 0.6) is 0 Å². The molecule has 0 atom stereocenters. The van der Waals surface area contributed by atoms with E-state index < -0.39 is 12.2 Å². The number of unbranched alkanes of at least 4 members (excludes halogenated alkanes) is 10. The highest BCUT2D eigenvalue weighted by molar-refractivity contribution is 5.88. The Morgan fingerprint density at radius 1 is 0.600 bits per heavy atom. The van der Waals surface area contributed by atoms with Crippen molar-refractivity contribution >= 4 is 23.6 Å². The van der Waals surface area contributed by atoms with Crippen molar-refractivity contribution in [1.82, 2.24) is 0 Å². The molecule has 0 fully saturated rings. The largest absolute Gasteiger partial charge is 0.465 e. The first-order valence-electron chi connectivity index (χ1n) is 11.6. The van der Waals surface area contributed by atoms with Gasteiger partial charge in [0.2, 0.25) is 0 Å². The standard InChI is InChI=1S/C24H40N2O4/c1-3-5-7-9-11-13-19-25(23(27)28)21-15-17-22(18-16-21)26(24(29)30)20-14-12-10-8-6-4-2/h15-18H,3-14,19-20H2,1-2H3,(H,27,28)(H,29,30). The second-order valence-corrected chi connectivity index (χ2v) is 7.92. The van der Waals surface area contributed by atoms with Gasteiger partial charge in [-0.2, -0.15) is 0 Å². The Balaban J connectivity index is 2.60. The molecule has 0 heterocycles. The molecule has 0 aliphatic heterocycles. The first-order chi connectivity index (χ1) is 14.5. The fourth-order valence-corrected chi connectivity index (χ4v) is 3.58. The van der Waals surface area contributed by atoms with Crippen LogP contribution in [0.1, 0.15) is 90.9 Å². The highest BCUT2D eigenvalue weighted by Crippen LogP contribution is 2.23. The molecule has 30 heavy (non-hydrogen) atoms. The topological polar surface area (TPSA) is 81.1 Å². The molecule has 0 radical (unpaired) electrons. The minimum atomic E-state index is -0.974. The summed E-state index contributed by atoms with van der Waals surface area (Å²) < 4.78 is 0. The van der Waals surface area contributed by atoms with E-state index in [2.05, 4.69) is 13.8 Å². The lowest BCUT2D eigenvalue weighted by atomic mass is 10.1. The quantitative estimate of drug-likeness (QED) is 0.273. The third-order valence-electron chi connectivity index (χ3n) is 5.41. The van der Waals surface area contributed by atoms with Crippen LogP contribution in [-0.4, -0.2) is 35.5 Å². The summed E-state index contributed by atoms with van der Waals surface area (Å²) in [6.07, 6.45) is 11.2. The Bertz CT molecular complexity index is 551. The molecule has 1 aromatic carbocycles. The van der Waals surface area contributed by atoms with Crippen LogP contribution in [0.25, 0.3) is 0 Å². The van der Waals surface area contributed by atoms with Gasteiger partial charge in [-0.1, -0.05) is 78.1 Å². The minimum Gasteiger partial charge on any atom is -0.465 e. The SMILES string of the molecule is CCCCCCCCN(C(=O)O)c1ccc(N(CCCCCCCC)C(=O)O)cc1. The van der Waals surface area contributed by atoms with Gasteiger partial charge in [0.1, 0.15) is 0 Å². The lowest BCUT2D eigenvalue weighted by Crippen LogP contribution is -2.31. The van der Waals surface area contributed by atoms with Gasteiger partial charge in [0.25, 0.3) is 0 Å². The van der Waals surface area contributed by atoms with Crippen LogP contribution in [-0.2, 0) is 0 Å². The van der Waals surface area contributed by atoms with Crippen LogP contribution in [0.2, 0.25) is 0 Å². The fourth-order valence-electron chi connectivity index (χ4n) is 3.58. The van der Waals surface area contributed by atoms with E-state index in [0.29, 0.717) is 24.5 Å². The average Bonchev–Trinajstić information content (AvgIpc) is 2.72. The Kier molecular flexibility index (Phi) is 13.4. The molecule has 0 aromatic heterocycles. The summed E-state index contributed by atoms with van der Waals surface area (Å²) in [5.41, 5.74) is 1.18. The third-order valence-corrected chi connectivity index (χ3v) is 5.41. The number of amides is 2. The summed E-state index contributed by atoms with van der Waals surface area (Å²) in [5.74, 6) is 0. The zero-order chi connectivity index (χ0) is 22.2. The number of hydrogen-bond donors (Lipinski definition) is 2. The molecule has 0 aliphatic rings. The smallest absolute Gasteiger partial charge is 0.411 e. The number of nitrogens with zero attached hydrogens (tertiary/aromatic N) is 2. The monoisotopic (exact) mass is 420 g/mol. The molecule has 0 unspecified atom stereocenters. The van der Waals surface area contributed by atoms with Crippen molar-refractivity contribution in [3.05, 3.63) is 24.3 Å². The van der Waals surface area contributed by atoms with E-state index in [-0.39, 0.29) is 0 Å². The van der Waals surface area contributed by atoms with E-state index in [4.69, 9.17) is 0 Å². The van der Waals surface area contributed by atoms with Crippen molar-refractivity contribution in [2.24, 2.45) is 0 Å². The van der Waals surface area contributed by atoms with Crippen molar-refractivity contribution in [1.29, 1.82) is 0 Å². The van der Waals surface area contributed by atoms with E-state index in [9.17, 15) is 19.8 Å². The Morgan fingerprint density at radius 2 is 0.900 bits per heavy atom. The van der Waals surface area contributed by atoms with Crippen molar-refractivity contribution in [2.75, 3.05) is 22.9 Å². The molecule has 2 N–H and O–H groups in total. The second-order valence-electron chi connectivity index (χ2n) is 7.92. The summed E-state index contributed by atoms with van der Waals surface area (Å²) in [4.78, 5) is 26.0. The molecular weight excluding hydrogens is 380 g/mol. The van der Waals surface area contributed by atoms with Gasteiger partial charge in [-0.05, 0) is 37.1 Å². The summed E-state index contributed by atoms with van der Waals surface area (Å²) in [7, 11) is 0. The molecule has 1 aromatic rings. The first kappa shape index (κ1) is 25.8. The van der Waals surface area contributed by atoms with Gasteiger partial charge < -0.3 is 10.2 Å². The maximum atomic E-state index is 11.7. The van der Waals surface area contributed by atoms with E-state index in [1.165, 1.54) is 48.3 Å². The lowest BCUT2D eigenvalue weighted by Gasteiger charge is -2.22. The summed E-state index contributed by atoms with van der Waals surface area (Å²) >= 11 is 0. The molecule has 0 saturated heterocycles. The van der Waals surface area contributed by atoms with E-state index in [1.807, 2.05) is 0 Å². The zero-order valence-corrected chi connectivity index (χ0v) is 18.8. The van der Waals surface area contributed by atoms with Crippen LogP contribution in [0, 0.1) is 0 Å². The van der Waals surface area contributed by atoms with Gasteiger partial charge in [0.05, 0.1) is 0 Å².